The third-order valence-corrected chi connectivity index (χ3v) is 2.68. The zero-order valence-electron chi connectivity index (χ0n) is 8.81. The van der Waals surface area contributed by atoms with E-state index in [9.17, 15) is 4.79 Å². The number of nitrogens with zero attached hydrogens (tertiary/aromatic N) is 1. The summed E-state index contributed by atoms with van der Waals surface area (Å²) in [5.74, 6) is 0. The van der Waals surface area contributed by atoms with Crippen LogP contribution in [0.4, 0.5) is 4.79 Å². The van der Waals surface area contributed by atoms with Crippen molar-refractivity contribution in [3.05, 3.63) is 35.9 Å². The molecule has 0 radical (unpaired) electrons. The molecule has 2 atom stereocenters. The summed E-state index contributed by atoms with van der Waals surface area (Å²) in [7, 11) is 1.83. The highest BCUT2D eigenvalue weighted by atomic mass is 16.6. The molecule has 0 spiro atoms. The molecule has 1 heterocycles. The first kappa shape index (κ1) is 9.98. The van der Waals surface area contributed by atoms with Crippen molar-refractivity contribution >= 4 is 6.09 Å². The van der Waals surface area contributed by atoms with Gasteiger partial charge in [-0.25, -0.2) is 9.80 Å². The van der Waals surface area contributed by atoms with Gasteiger partial charge in [-0.15, -0.1) is 0 Å². The minimum Gasteiger partial charge on any atom is -0.439 e. The van der Waals surface area contributed by atoms with Crippen LogP contribution in [0.5, 0.6) is 0 Å². The van der Waals surface area contributed by atoms with E-state index in [2.05, 4.69) is 5.43 Å². The molecule has 1 N–H and O–H groups in total. The van der Waals surface area contributed by atoms with Crippen molar-refractivity contribution in [1.29, 1.82) is 0 Å². The van der Waals surface area contributed by atoms with Crippen molar-refractivity contribution in [2.45, 2.75) is 19.1 Å². The second kappa shape index (κ2) is 3.90. The molecular formula is C11H14N2O2. The van der Waals surface area contributed by atoms with Crippen molar-refractivity contribution in [2.75, 3.05) is 7.05 Å². The lowest BCUT2D eigenvalue weighted by atomic mass is 10.0. The maximum absolute atomic E-state index is 11.2. The summed E-state index contributed by atoms with van der Waals surface area (Å²) >= 11 is 0. The van der Waals surface area contributed by atoms with E-state index in [1.54, 1.807) is 5.01 Å². The third-order valence-electron chi connectivity index (χ3n) is 2.68. The number of amides is 1. The van der Waals surface area contributed by atoms with Crippen LogP contribution in [0.2, 0.25) is 0 Å². The molecule has 1 aliphatic rings. The Kier molecular flexibility index (Phi) is 2.60. The Bertz CT molecular complexity index is 353. The molecule has 0 unspecified atom stereocenters. The number of hydrazine groups is 1. The Hall–Kier alpha value is -1.55. The highest BCUT2D eigenvalue weighted by Crippen LogP contribution is 2.26. The van der Waals surface area contributed by atoms with Crippen LogP contribution in [0.1, 0.15) is 18.6 Å². The van der Waals surface area contributed by atoms with Crippen LogP contribution < -0.4 is 5.43 Å². The molecule has 1 aliphatic heterocycles. The second-order valence-electron chi connectivity index (χ2n) is 3.70. The zero-order chi connectivity index (χ0) is 10.8. The molecule has 1 aromatic carbocycles. The van der Waals surface area contributed by atoms with Gasteiger partial charge in [-0.2, -0.15) is 0 Å². The van der Waals surface area contributed by atoms with Gasteiger partial charge in [-0.05, 0) is 12.5 Å². The highest BCUT2D eigenvalue weighted by Gasteiger charge is 2.32. The SMILES string of the molecule is C[C@H]1[C@H](c2ccccc2)OC(=O)NN1C. The fourth-order valence-electron chi connectivity index (χ4n) is 1.68. The summed E-state index contributed by atoms with van der Waals surface area (Å²) in [6, 6.07) is 9.88. The van der Waals surface area contributed by atoms with Crippen LogP contribution >= 0.6 is 0 Å². The van der Waals surface area contributed by atoms with Gasteiger partial charge < -0.3 is 4.74 Å². The third kappa shape index (κ3) is 1.94. The molecule has 1 fully saturated rings. The summed E-state index contributed by atoms with van der Waals surface area (Å²) in [6.07, 6.45) is -0.602. The summed E-state index contributed by atoms with van der Waals surface area (Å²) in [4.78, 5) is 11.2. The molecule has 4 heteroatoms. The molecule has 4 nitrogen and oxygen atoms in total. The minimum absolute atomic E-state index is 0.116. The lowest BCUT2D eigenvalue weighted by Gasteiger charge is -2.36. The van der Waals surface area contributed by atoms with E-state index >= 15 is 0 Å². The topological polar surface area (TPSA) is 41.6 Å². The number of carbonyl (C=O) groups is 1. The molecular weight excluding hydrogens is 192 g/mol. The Morgan fingerprint density at radius 1 is 1.33 bits per heavy atom. The highest BCUT2D eigenvalue weighted by molar-refractivity contribution is 5.67. The first-order valence-corrected chi connectivity index (χ1v) is 4.93. The maximum atomic E-state index is 11.2. The van der Waals surface area contributed by atoms with Crippen LogP contribution in [0, 0.1) is 0 Å². The second-order valence-corrected chi connectivity index (χ2v) is 3.70. The molecule has 0 aromatic heterocycles. The molecule has 15 heavy (non-hydrogen) atoms. The van der Waals surface area contributed by atoms with Crippen molar-refractivity contribution in [3.8, 4) is 0 Å². The van der Waals surface area contributed by atoms with E-state index in [0.29, 0.717) is 0 Å². The predicted octanol–water partition coefficient (Wildman–Crippen LogP) is 1.70. The van der Waals surface area contributed by atoms with Gasteiger partial charge in [0, 0.05) is 7.05 Å². The number of likely N-dealkylation sites (N-methyl/N-ethyl adjacent to an activating group) is 1. The van der Waals surface area contributed by atoms with Crippen molar-refractivity contribution < 1.29 is 9.53 Å². The molecule has 1 saturated heterocycles. The van der Waals surface area contributed by atoms with E-state index in [0.717, 1.165) is 5.56 Å². The number of carbonyl (C=O) groups excluding carboxylic acids is 1. The smallest absolute Gasteiger partial charge is 0.422 e. The summed E-state index contributed by atoms with van der Waals surface area (Å²) in [5.41, 5.74) is 3.62. The minimum atomic E-state index is -0.399. The fourth-order valence-corrected chi connectivity index (χ4v) is 1.68. The van der Waals surface area contributed by atoms with Crippen LogP contribution in [0.3, 0.4) is 0 Å². The molecule has 1 amide bonds. The van der Waals surface area contributed by atoms with Gasteiger partial charge in [0.2, 0.25) is 0 Å². The number of hydrogen-bond acceptors (Lipinski definition) is 3. The van der Waals surface area contributed by atoms with Crippen molar-refractivity contribution in [3.63, 3.8) is 0 Å². The number of nitrogens with one attached hydrogen (secondary N) is 1. The maximum Gasteiger partial charge on any atom is 0.422 e. The van der Waals surface area contributed by atoms with Gasteiger partial charge >= 0.3 is 6.09 Å². The number of ether oxygens (including phenoxy) is 1. The molecule has 0 bridgehead atoms. The largest absolute Gasteiger partial charge is 0.439 e. The van der Waals surface area contributed by atoms with Gasteiger partial charge in [-0.3, -0.25) is 5.43 Å². The van der Waals surface area contributed by atoms with E-state index in [1.807, 2.05) is 44.3 Å². The summed E-state index contributed by atoms with van der Waals surface area (Å²) < 4.78 is 5.26. The fraction of sp³-hybridized carbons (Fsp3) is 0.364. The standard InChI is InChI=1S/C11H14N2O2/c1-8-10(9-6-4-3-5-7-9)15-11(14)12-13(8)2/h3-8,10H,1-2H3,(H,12,14)/t8-,10+/m0/s1. The molecule has 80 valence electrons. The van der Waals surface area contributed by atoms with Crippen LogP contribution in [0.25, 0.3) is 0 Å². The Labute approximate surface area is 88.8 Å². The average Bonchev–Trinajstić information content (AvgIpc) is 2.24. The number of rotatable bonds is 1. The molecule has 2 rings (SSSR count). The predicted molar refractivity (Wildman–Crippen MR) is 56.0 cm³/mol. The average molecular weight is 206 g/mol. The lowest BCUT2D eigenvalue weighted by Crippen LogP contribution is -2.53. The first-order valence-electron chi connectivity index (χ1n) is 4.93. The van der Waals surface area contributed by atoms with Gasteiger partial charge in [0.15, 0.2) is 0 Å². The molecule has 0 aliphatic carbocycles. The number of hydrogen-bond donors (Lipinski definition) is 1. The van der Waals surface area contributed by atoms with Gasteiger partial charge in [-0.1, -0.05) is 30.3 Å². The van der Waals surface area contributed by atoms with Crippen molar-refractivity contribution in [2.24, 2.45) is 0 Å². The van der Waals surface area contributed by atoms with Gasteiger partial charge in [0.1, 0.15) is 6.10 Å². The normalized spacial score (nSPS) is 26.9. The zero-order valence-corrected chi connectivity index (χ0v) is 8.81. The van der Waals surface area contributed by atoms with Crippen LogP contribution in [-0.4, -0.2) is 24.2 Å². The van der Waals surface area contributed by atoms with E-state index in [-0.39, 0.29) is 12.1 Å². The van der Waals surface area contributed by atoms with E-state index in [1.165, 1.54) is 0 Å². The monoisotopic (exact) mass is 206 g/mol. The summed E-state index contributed by atoms with van der Waals surface area (Å²) in [6.45, 7) is 2.01. The van der Waals surface area contributed by atoms with Crippen LogP contribution in [0.15, 0.2) is 30.3 Å². The van der Waals surface area contributed by atoms with E-state index < -0.39 is 6.09 Å². The number of benzene rings is 1. The molecule has 1 aromatic rings. The lowest BCUT2D eigenvalue weighted by molar-refractivity contribution is -0.0251. The van der Waals surface area contributed by atoms with Crippen LogP contribution in [-0.2, 0) is 4.74 Å². The first-order chi connectivity index (χ1) is 7.18. The Morgan fingerprint density at radius 3 is 2.67 bits per heavy atom. The number of cyclic esters (lactones) is 1. The Balaban J connectivity index is 2.24. The van der Waals surface area contributed by atoms with Gasteiger partial charge in [0.25, 0.3) is 0 Å². The van der Waals surface area contributed by atoms with Crippen molar-refractivity contribution in [1.82, 2.24) is 10.4 Å². The molecule has 0 saturated carbocycles. The van der Waals surface area contributed by atoms with E-state index in [4.69, 9.17) is 4.74 Å². The van der Waals surface area contributed by atoms with Gasteiger partial charge in [0.05, 0.1) is 6.04 Å². The quantitative estimate of drug-likeness (QED) is 0.760. The Morgan fingerprint density at radius 2 is 2.00 bits per heavy atom. The summed E-state index contributed by atoms with van der Waals surface area (Å²) in [5, 5.41) is 1.77.